The summed E-state index contributed by atoms with van der Waals surface area (Å²) in [5, 5.41) is 13.6. The fourth-order valence-electron chi connectivity index (χ4n) is 9.49. The van der Waals surface area contributed by atoms with Crippen LogP contribution >= 0.6 is 0 Å². The predicted octanol–water partition coefficient (Wildman–Crippen LogP) is 5.90. The maximum absolute atomic E-state index is 14.4. The minimum absolute atomic E-state index is 0.0197. The number of anilines is 1. The molecule has 4 amide bonds. The first-order valence-corrected chi connectivity index (χ1v) is 20.8. The summed E-state index contributed by atoms with van der Waals surface area (Å²) in [5.41, 5.74) is 0.416. The molecule has 2 saturated heterocycles. The lowest BCUT2D eigenvalue weighted by atomic mass is 9.75. The van der Waals surface area contributed by atoms with Crippen molar-refractivity contribution in [2.75, 3.05) is 31.6 Å². The lowest BCUT2D eigenvalue weighted by Gasteiger charge is -2.44. The van der Waals surface area contributed by atoms with Crippen LogP contribution in [0, 0.1) is 23.7 Å². The monoisotopic (exact) mass is 758 g/mol. The standard InChI is InChI=1S/C38H55FN6O7S/c1-38(2,3)45(37(49)50)32(23-39)25-11-13-26(14-12-25)36(48)44-20-17-29(24-9-5-4-6-10-24)33(44)35(47)40-28-15-16-30-27(21-28)22-31(41-30)34(46)42-53(51,52)43-18-7-8-19-43/h15-16,21-22,24-26,29,32-33,41H,4-14,17-20,23H2,1-3H3,(H,40,47)(H,42,46)(H,49,50)/t25?,26?,29-,32+,33-/m0/s1. The zero-order valence-corrected chi connectivity index (χ0v) is 31.9. The molecule has 6 rings (SSSR count). The Balaban J connectivity index is 1.15. The number of carbonyl (C=O) groups is 4. The number of benzene rings is 1. The summed E-state index contributed by atoms with van der Waals surface area (Å²) in [6.07, 6.45) is 8.58. The van der Waals surface area contributed by atoms with E-state index in [2.05, 4.69) is 15.0 Å². The lowest BCUT2D eigenvalue weighted by molar-refractivity contribution is -0.142. The van der Waals surface area contributed by atoms with E-state index >= 15 is 0 Å². The molecule has 4 aliphatic rings. The third-order valence-electron chi connectivity index (χ3n) is 12.1. The number of hydrogen-bond donors (Lipinski definition) is 4. The molecule has 13 nitrogen and oxygen atoms in total. The Kier molecular flexibility index (Phi) is 11.7. The molecule has 4 fully saturated rings. The molecule has 3 heterocycles. The quantitative estimate of drug-likeness (QED) is 0.234. The smallest absolute Gasteiger partial charge is 0.408 e. The SMILES string of the molecule is CC(C)(C)N(C(=O)O)[C@H](CF)C1CCC(C(=O)N2CC[C@@H](C3CCCCC3)[C@H]2C(=O)Nc2ccc3[nH]c(C(=O)NS(=O)(=O)N4CCCC4)cc3c2)CC1. The highest BCUT2D eigenvalue weighted by Gasteiger charge is 2.48. The van der Waals surface area contributed by atoms with Crippen LogP contribution in [-0.2, 0) is 19.8 Å². The lowest BCUT2D eigenvalue weighted by Crippen LogP contribution is -2.55. The fraction of sp³-hybridized carbons (Fsp3) is 0.684. The number of carbonyl (C=O) groups excluding carboxylic acids is 3. The molecule has 3 atom stereocenters. The van der Waals surface area contributed by atoms with E-state index in [1.165, 1.54) is 15.6 Å². The number of nitrogens with one attached hydrogen (secondary N) is 3. The number of nitrogens with zero attached hydrogens (tertiary/aromatic N) is 3. The van der Waals surface area contributed by atoms with Crippen LogP contribution in [0.15, 0.2) is 24.3 Å². The van der Waals surface area contributed by atoms with E-state index in [0.717, 1.165) is 44.9 Å². The number of halogens is 1. The third-order valence-corrected chi connectivity index (χ3v) is 13.6. The molecule has 4 N–H and O–H groups in total. The van der Waals surface area contributed by atoms with Gasteiger partial charge in [0.05, 0.1) is 6.04 Å². The summed E-state index contributed by atoms with van der Waals surface area (Å²) in [6.45, 7) is 5.73. The summed E-state index contributed by atoms with van der Waals surface area (Å²) in [7, 11) is -3.95. The Hall–Kier alpha value is -3.72. The van der Waals surface area contributed by atoms with Crippen LogP contribution in [0.3, 0.4) is 0 Å². The van der Waals surface area contributed by atoms with E-state index in [1.54, 1.807) is 49.9 Å². The van der Waals surface area contributed by atoms with Crippen LogP contribution in [0.4, 0.5) is 14.9 Å². The van der Waals surface area contributed by atoms with Gasteiger partial charge >= 0.3 is 16.3 Å². The molecule has 2 aliphatic carbocycles. The van der Waals surface area contributed by atoms with E-state index < -0.39 is 46.5 Å². The maximum Gasteiger partial charge on any atom is 0.408 e. The molecule has 292 valence electrons. The van der Waals surface area contributed by atoms with E-state index in [9.17, 15) is 37.1 Å². The molecule has 1 aromatic heterocycles. The van der Waals surface area contributed by atoms with E-state index in [1.807, 2.05) is 0 Å². The second-order valence-corrected chi connectivity index (χ2v) is 18.2. The van der Waals surface area contributed by atoms with Gasteiger partial charge in [-0.2, -0.15) is 12.7 Å². The van der Waals surface area contributed by atoms with Gasteiger partial charge in [-0.25, -0.2) is 13.9 Å². The molecule has 0 unspecified atom stereocenters. The summed E-state index contributed by atoms with van der Waals surface area (Å²) in [4.78, 5) is 59.5. The number of fused-ring (bicyclic) bond motifs is 1. The van der Waals surface area contributed by atoms with Gasteiger partial charge in [-0.3, -0.25) is 19.3 Å². The van der Waals surface area contributed by atoms with E-state index in [0.29, 0.717) is 67.8 Å². The minimum Gasteiger partial charge on any atom is -0.465 e. The molecule has 2 saturated carbocycles. The Morgan fingerprint density at radius 2 is 1.62 bits per heavy atom. The predicted molar refractivity (Wildman–Crippen MR) is 199 cm³/mol. The van der Waals surface area contributed by atoms with Gasteiger partial charge in [-0.15, -0.1) is 0 Å². The van der Waals surface area contributed by atoms with Crippen LogP contribution in [0.2, 0.25) is 0 Å². The molecule has 2 aromatic rings. The average Bonchev–Trinajstić information content (AvgIpc) is 3.90. The molecule has 0 bridgehead atoms. The number of amides is 4. The van der Waals surface area contributed by atoms with Gasteiger partial charge < -0.3 is 20.3 Å². The van der Waals surface area contributed by atoms with Crippen molar-refractivity contribution in [3.63, 3.8) is 0 Å². The minimum atomic E-state index is -3.95. The summed E-state index contributed by atoms with van der Waals surface area (Å²) < 4.78 is 43.1. The Bertz CT molecular complexity index is 1770. The van der Waals surface area contributed by atoms with Gasteiger partial charge in [0, 0.05) is 47.7 Å². The average molecular weight is 759 g/mol. The molecule has 2 aliphatic heterocycles. The molecular weight excluding hydrogens is 704 g/mol. The van der Waals surface area contributed by atoms with Gasteiger partial charge in [0.2, 0.25) is 11.8 Å². The maximum atomic E-state index is 14.4. The molecule has 53 heavy (non-hydrogen) atoms. The first-order valence-electron chi connectivity index (χ1n) is 19.3. The van der Waals surface area contributed by atoms with Crippen molar-refractivity contribution in [3.05, 3.63) is 30.0 Å². The number of aromatic nitrogens is 1. The van der Waals surface area contributed by atoms with E-state index in [-0.39, 0.29) is 35.3 Å². The van der Waals surface area contributed by atoms with Gasteiger partial charge in [0.15, 0.2) is 0 Å². The second-order valence-electron chi connectivity index (χ2n) is 16.5. The summed E-state index contributed by atoms with van der Waals surface area (Å²) in [5.74, 6) is -1.26. The third kappa shape index (κ3) is 8.50. The van der Waals surface area contributed by atoms with Gasteiger partial charge in [0.1, 0.15) is 18.4 Å². The number of aromatic amines is 1. The van der Waals surface area contributed by atoms with Crippen molar-refractivity contribution in [2.24, 2.45) is 23.7 Å². The Labute approximate surface area is 311 Å². The van der Waals surface area contributed by atoms with Crippen molar-refractivity contribution in [2.45, 2.75) is 115 Å². The number of carboxylic acid groups (broad SMARTS) is 1. The highest BCUT2D eigenvalue weighted by Crippen LogP contribution is 2.42. The summed E-state index contributed by atoms with van der Waals surface area (Å²) >= 11 is 0. The normalized spacial score (nSPS) is 25.3. The van der Waals surface area contributed by atoms with E-state index in [4.69, 9.17) is 0 Å². The largest absolute Gasteiger partial charge is 0.465 e. The summed E-state index contributed by atoms with van der Waals surface area (Å²) in [6, 6.07) is 5.29. The Morgan fingerprint density at radius 3 is 2.25 bits per heavy atom. The number of hydrogen-bond acceptors (Lipinski definition) is 6. The molecule has 1 aromatic carbocycles. The first kappa shape index (κ1) is 39.0. The van der Waals surface area contributed by atoms with Gasteiger partial charge in [-0.1, -0.05) is 32.1 Å². The number of rotatable bonds is 10. The van der Waals surface area contributed by atoms with Crippen molar-refractivity contribution < 1.29 is 37.1 Å². The van der Waals surface area contributed by atoms with Crippen LogP contribution in [0.5, 0.6) is 0 Å². The highest BCUT2D eigenvalue weighted by atomic mass is 32.2. The van der Waals surface area contributed by atoms with Crippen molar-refractivity contribution in [1.29, 1.82) is 0 Å². The number of H-pyrrole nitrogens is 1. The van der Waals surface area contributed by atoms with Crippen LogP contribution < -0.4 is 10.0 Å². The van der Waals surface area contributed by atoms with Crippen LogP contribution in [-0.4, -0.2) is 100 Å². The molecule has 0 radical (unpaired) electrons. The van der Waals surface area contributed by atoms with Gasteiger partial charge in [-0.05, 0) is 108 Å². The van der Waals surface area contributed by atoms with Crippen LogP contribution in [0.1, 0.15) is 108 Å². The molecule has 0 spiro atoms. The zero-order valence-electron chi connectivity index (χ0n) is 31.1. The zero-order chi connectivity index (χ0) is 38.1. The molecular formula is C38H55FN6O7S. The van der Waals surface area contributed by atoms with Crippen molar-refractivity contribution in [1.82, 2.24) is 23.8 Å². The fourth-order valence-corrected chi connectivity index (χ4v) is 10.7. The number of alkyl halides is 1. The van der Waals surface area contributed by atoms with Crippen LogP contribution in [0.25, 0.3) is 10.9 Å². The highest BCUT2D eigenvalue weighted by molar-refractivity contribution is 7.87. The van der Waals surface area contributed by atoms with Crippen molar-refractivity contribution in [3.8, 4) is 0 Å². The Morgan fingerprint density at radius 1 is 0.943 bits per heavy atom. The number of likely N-dealkylation sites (tertiary alicyclic amines) is 1. The first-order chi connectivity index (χ1) is 25.2. The second kappa shape index (κ2) is 15.9. The molecule has 15 heteroatoms. The topological polar surface area (TPSA) is 172 Å². The van der Waals surface area contributed by atoms with Crippen molar-refractivity contribution >= 4 is 50.6 Å². The van der Waals surface area contributed by atoms with Gasteiger partial charge in [0.25, 0.3) is 5.91 Å².